The Hall–Kier alpha value is -0.610. The molecule has 1 saturated carbocycles. The molecule has 0 aromatic carbocycles. The van der Waals surface area contributed by atoms with E-state index in [-0.39, 0.29) is 5.91 Å². The summed E-state index contributed by atoms with van der Waals surface area (Å²) in [7, 11) is 1.74. The summed E-state index contributed by atoms with van der Waals surface area (Å²) in [5.41, 5.74) is 0. The average molecular weight is 212 g/mol. The maximum Gasteiger partial charge on any atom is 0.220 e. The van der Waals surface area contributed by atoms with Crippen LogP contribution in [-0.4, -0.2) is 38.3 Å². The molecule has 1 amide bonds. The lowest BCUT2D eigenvalue weighted by Gasteiger charge is -2.27. The van der Waals surface area contributed by atoms with Crippen molar-refractivity contribution in [3.8, 4) is 0 Å². The smallest absolute Gasteiger partial charge is 0.220 e. The van der Waals surface area contributed by atoms with Gasteiger partial charge in [-0.1, -0.05) is 0 Å². The van der Waals surface area contributed by atoms with Crippen LogP contribution in [0.1, 0.15) is 25.7 Å². The molecular formula is C11H20N2O2. The standard InChI is InChI=1S/C11H20N2O2/c1-15-10-3-2-9(5-10)13-11(14)4-8-6-12-7-8/h8-10,12H,2-7H2,1H3,(H,13,14). The van der Waals surface area contributed by atoms with Crippen molar-refractivity contribution in [2.75, 3.05) is 20.2 Å². The van der Waals surface area contributed by atoms with E-state index in [0.29, 0.717) is 24.5 Å². The maximum atomic E-state index is 11.6. The SMILES string of the molecule is COC1CCC(NC(=O)CC2CNC2)C1. The topological polar surface area (TPSA) is 50.4 Å². The van der Waals surface area contributed by atoms with Gasteiger partial charge < -0.3 is 15.4 Å². The molecule has 0 radical (unpaired) electrons. The van der Waals surface area contributed by atoms with Gasteiger partial charge in [0.1, 0.15) is 0 Å². The fourth-order valence-corrected chi connectivity index (χ4v) is 2.33. The van der Waals surface area contributed by atoms with E-state index in [9.17, 15) is 4.79 Å². The number of amides is 1. The van der Waals surface area contributed by atoms with Gasteiger partial charge in [-0.3, -0.25) is 4.79 Å². The van der Waals surface area contributed by atoms with Crippen LogP contribution >= 0.6 is 0 Å². The molecule has 0 spiro atoms. The Bertz CT molecular complexity index is 229. The Morgan fingerprint density at radius 2 is 2.27 bits per heavy atom. The van der Waals surface area contributed by atoms with Crippen molar-refractivity contribution in [1.29, 1.82) is 0 Å². The maximum absolute atomic E-state index is 11.6. The summed E-state index contributed by atoms with van der Waals surface area (Å²) < 4.78 is 5.28. The van der Waals surface area contributed by atoms with Crippen LogP contribution in [0.3, 0.4) is 0 Å². The van der Waals surface area contributed by atoms with Crippen LogP contribution in [0.4, 0.5) is 0 Å². The minimum Gasteiger partial charge on any atom is -0.381 e. The normalized spacial score (nSPS) is 31.3. The summed E-state index contributed by atoms with van der Waals surface area (Å²) in [6, 6.07) is 0.343. The molecule has 0 aromatic rings. The first-order valence-electron chi connectivity index (χ1n) is 5.81. The minimum absolute atomic E-state index is 0.211. The van der Waals surface area contributed by atoms with Crippen molar-refractivity contribution < 1.29 is 9.53 Å². The van der Waals surface area contributed by atoms with Crippen molar-refractivity contribution >= 4 is 5.91 Å². The highest BCUT2D eigenvalue weighted by Crippen LogP contribution is 2.21. The quantitative estimate of drug-likeness (QED) is 0.704. The number of carbonyl (C=O) groups excluding carboxylic acids is 1. The molecule has 15 heavy (non-hydrogen) atoms. The van der Waals surface area contributed by atoms with Crippen LogP contribution < -0.4 is 10.6 Å². The number of ether oxygens (including phenoxy) is 1. The van der Waals surface area contributed by atoms with E-state index in [1.165, 1.54) is 0 Å². The average Bonchev–Trinajstić information content (AvgIpc) is 2.59. The van der Waals surface area contributed by atoms with Gasteiger partial charge in [0.05, 0.1) is 6.10 Å². The fourth-order valence-electron chi connectivity index (χ4n) is 2.33. The van der Waals surface area contributed by atoms with Gasteiger partial charge in [0.15, 0.2) is 0 Å². The summed E-state index contributed by atoms with van der Waals surface area (Å²) in [6.07, 6.45) is 4.15. The Morgan fingerprint density at radius 1 is 1.47 bits per heavy atom. The second-order valence-corrected chi connectivity index (χ2v) is 4.66. The minimum atomic E-state index is 0.211. The zero-order chi connectivity index (χ0) is 10.7. The molecule has 0 bridgehead atoms. The number of hydrogen-bond donors (Lipinski definition) is 2. The van der Waals surface area contributed by atoms with Gasteiger partial charge in [-0.2, -0.15) is 0 Å². The van der Waals surface area contributed by atoms with Crippen molar-refractivity contribution in [3.63, 3.8) is 0 Å². The van der Waals surface area contributed by atoms with Crippen molar-refractivity contribution in [2.24, 2.45) is 5.92 Å². The molecule has 1 aliphatic carbocycles. The Balaban J connectivity index is 1.65. The Kier molecular flexibility index (Phi) is 3.59. The van der Waals surface area contributed by atoms with Crippen LogP contribution in [0, 0.1) is 5.92 Å². The van der Waals surface area contributed by atoms with E-state index in [4.69, 9.17) is 4.74 Å². The lowest BCUT2D eigenvalue weighted by atomic mass is 9.99. The number of methoxy groups -OCH3 is 1. The van der Waals surface area contributed by atoms with Gasteiger partial charge in [-0.05, 0) is 38.3 Å². The predicted molar refractivity (Wildman–Crippen MR) is 57.6 cm³/mol. The number of nitrogens with one attached hydrogen (secondary N) is 2. The number of rotatable bonds is 4. The Morgan fingerprint density at radius 3 is 2.80 bits per heavy atom. The second kappa shape index (κ2) is 4.94. The zero-order valence-electron chi connectivity index (χ0n) is 9.29. The predicted octanol–water partition coefficient (Wildman–Crippen LogP) is 0.280. The summed E-state index contributed by atoms with van der Waals surface area (Å²) in [6.45, 7) is 2.00. The Labute approximate surface area is 90.8 Å². The molecule has 86 valence electrons. The summed E-state index contributed by atoms with van der Waals surface area (Å²) in [4.78, 5) is 11.6. The van der Waals surface area contributed by atoms with Gasteiger partial charge in [0.2, 0.25) is 5.91 Å². The van der Waals surface area contributed by atoms with E-state index in [1.807, 2.05) is 0 Å². The summed E-state index contributed by atoms with van der Waals surface area (Å²) >= 11 is 0. The first kappa shape index (κ1) is 10.9. The van der Waals surface area contributed by atoms with Crippen LogP contribution in [0.15, 0.2) is 0 Å². The van der Waals surface area contributed by atoms with E-state index < -0.39 is 0 Å². The zero-order valence-corrected chi connectivity index (χ0v) is 9.29. The third kappa shape index (κ3) is 2.92. The number of hydrogen-bond acceptors (Lipinski definition) is 3. The first-order chi connectivity index (χ1) is 7.28. The molecule has 4 heteroatoms. The molecule has 2 rings (SSSR count). The van der Waals surface area contributed by atoms with Crippen molar-refractivity contribution in [1.82, 2.24) is 10.6 Å². The third-order valence-electron chi connectivity index (χ3n) is 3.42. The second-order valence-electron chi connectivity index (χ2n) is 4.66. The van der Waals surface area contributed by atoms with Crippen LogP contribution in [0.25, 0.3) is 0 Å². The van der Waals surface area contributed by atoms with Gasteiger partial charge >= 0.3 is 0 Å². The molecule has 2 fully saturated rings. The van der Waals surface area contributed by atoms with Crippen molar-refractivity contribution in [3.05, 3.63) is 0 Å². The molecule has 1 heterocycles. The highest BCUT2D eigenvalue weighted by atomic mass is 16.5. The third-order valence-corrected chi connectivity index (χ3v) is 3.42. The van der Waals surface area contributed by atoms with E-state index in [1.54, 1.807) is 7.11 Å². The molecule has 4 nitrogen and oxygen atoms in total. The summed E-state index contributed by atoms with van der Waals surface area (Å²) in [5.74, 6) is 0.771. The molecular weight excluding hydrogens is 192 g/mol. The van der Waals surface area contributed by atoms with Crippen molar-refractivity contribution in [2.45, 2.75) is 37.8 Å². The molecule has 2 N–H and O–H groups in total. The van der Waals surface area contributed by atoms with E-state index in [2.05, 4.69) is 10.6 Å². The highest BCUT2D eigenvalue weighted by molar-refractivity contribution is 5.76. The lowest BCUT2D eigenvalue weighted by Crippen LogP contribution is -2.45. The van der Waals surface area contributed by atoms with E-state index in [0.717, 1.165) is 32.4 Å². The highest BCUT2D eigenvalue weighted by Gasteiger charge is 2.27. The van der Waals surface area contributed by atoms with Gasteiger partial charge in [-0.15, -0.1) is 0 Å². The molecule has 1 saturated heterocycles. The monoisotopic (exact) mass is 212 g/mol. The summed E-state index contributed by atoms with van der Waals surface area (Å²) in [5, 5.41) is 6.27. The van der Waals surface area contributed by atoms with E-state index >= 15 is 0 Å². The molecule has 2 aliphatic rings. The van der Waals surface area contributed by atoms with Crippen LogP contribution in [0.2, 0.25) is 0 Å². The molecule has 2 atom stereocenters. The van der Waals surface area contributed by atoms with Gasteiger partial charge in [-0.25, -0.2) is 0 Å². The van der Waals surface area contributed by atoms with Gasteiger partial charge in [0, 0.05) is 19.6 Å². The fraction of sp³-hybridized carbons (Fsp3) is 0.909. The lowest BCUT2D eigenvalue weighted by molar-refractivity contribution is -0.123. The molecule has 0 aromatic heterocycles. The number of carbonyl (C=O) groups is 1. The van der Waals surface area contributed by atoms with Crippen LogP contribution in [0.5, 0.6) is 0 Å². The van der Waals surface area contributed by atoms with Crippen LogP contribution in [-0.2, 0) is 9.53 Å². The molecule has 2 unspecified atom stereocenters. The largest absolute Gasteiger partial charge is 0.381 e. The van der Waals surface area contributed by atoms with Gasteiger partial charge in [0.25, 0.3) is 0 Å². The molecule has 1 aliphatic heterocycles. The first-order valence-corrected chi connectivity index (χ1v) is 5.81.